The van der Waals surface area contributed by atoms with Gasteiger partial charge in [-0.15, -0.1) is 0 Å². The van der Waals surface area contributed by atoms with Gasteiger partial charge in [-0.25, -0.2) is 22.4 Å². The van der Waals surface area contributed by atoms with Crippen LogP contribution in [-0.4, -0.2) is 53.5 Å². The fourth-order valence-corrected chi connectivity index (χ4v) is 5.12. The predicted molar refractivity (Wildman–Crippen MR) is 150 cm³/mol. The average molecular weight is 659 g/mol. The lowest BCUT2D eigenvalue weighted by atomic mass is 9.77. The number of rotatable bonds is 9. The van der Waals surface area contributed by atoms with E-state index in [0.717, 1.165) is 24.3 Å². The number of ether oxygens (including phenoxy) is 2. The number of hydrogen-bond acceptors (Lipinski definition) is 4. The summed E-state index contributed by atoms with van der Waals surface area (Å²) in [7, 11) is 0. The average Bonchev–Trinajstić information content (AvgIpc) is 3.28. The van der Waals surface area contributed by atoms with Crippen molar-refractivity contribution in [3.8, 4) is 5.75 Å². The number of halogens is 8. The van der Waals surface area contributed by atoms with E-state index >= 15 is 4.39 Å². The Bertz CT molecular complexity index is 1550. The molecule has 3 aromatic carbocycles. The first-order valence-electron chi connectivity index (χ1n) is 14.0. The van der Waals surface area contributed by atoms with Gasteiger partial charge >= 0.3 is 18.6 Å². The van der Waals surface area contributed by atoms with Gasteiger partial charge in [0.25, 0.3) is 5.92 Å². The van der Waals surface area contributed by atoms with E-state index in [0.29, 0.717) is 16.5 Å². The molecule has 0 unspecified atom stereocenters. The topological polar surface area (TPSA) is 67.9 Å². The summed E-state index contributed by atoms with van der Waals surface area (Å²) in [6, 6.07) is 12.6. The summed E-state index contributed by atoms with van der Waals surface area (Å²) in [5.41, 5.74) is -3.04. The molecular formula is C32H30F8N2O4. The number of carbonyl (C=O) groups is 2. The molecule has 14 heteroatoms. The molecule has 1 saturated heterocycles. The second-order valence-electron chi connectivity index (χ2n) is 11.9. The molecule has 1 aliphatic rings. The number of alkyl halides is 6. The summed E-state index contributed by atoms with van der Waals surface area (Å²) < 4.78 is 122. The number of benzene rings is 3. The third kappa shape index (κ3) is 8.07. The molecular weight excluding hydrogens is 628 g/mol. The van der Waals surface area contributed by atoms with Gasteiger partial charge in [0.2, 0.25) is 5.91 Å². The van der Waals surface area contributed by atoms with Crippen LogP contribution in [0.3, 0.4) is 0 Å². The van der Waals surface area contributed by atoms with E-state index in [4.69, 9.17) is 4.74 Å². The van der Waals surface area contributed by atoms with Crippen LogP contribution in [0.1, 0.15) is 43.9 Å². The number of carbonyl (C=O) groups excluding carboxylic acids is 2. The zero-order valence-electron chi connectivity index (χ0n) is 24.8. The van der Waals surface area contributed by atoms with E-state index in [-0.39, 0.29) is 17.5 Å². The number of nitrogens with one attached hydrogen (secondary N) is 1. The number of hydrogen-bond donors (Lipinski definition) is 1. The van der Waals surface area contributed by atoms with Crippen molar-refractivity contribution in [2.75, 3.05) is 6.54 Å². The molecule has 0 bridgehead atoms. The molecule has 6 nitrogen and oxygen atoms in total. The Morgan fingerprint density at radius 3 is 2.15 bits per heavy atom. The lowest BCUT2D eigenvalue weighted by molar-refractivity contribution is -0.253. The lowest BCUT2D eigenvalue weighted by Gasteiger charge is -2.38. The normalized spacial score (nSPS) is 17.8. The van der Waals surface area contributed by atoms with Crippen LogP contribution in [0.25, 0.3) is 0 Å². The first kappa shape index (κ1) is 34.5. The first-order valence-corrected chi connectivity index (χ1v) is 14.0. The van der Waals surface area contributed by atoms with Crippen molar-refractivity contribution < 1.29 is 54.2 Å². The van der Waals surface area contributed by atoms with Gasteiger partial charge in [0.1, 0.15) is 29.0 Å². The number of nitrogens with zero attached hydrogens (tertiary/aromatic N) is 1. The molecule has 1 fully saturated rings. The van der Waals surface area contributed by atoms with Crippen molar-refractivity contribution in [2.24, 2.45) is 0 Å². The molecule has 2 amide bonds. The van der Waals surface area contributed by atoms with Crippen LogP contribution in [0.15, 0.2) is 72.8 Å². The van der Waals surface area contributed by atoms with Crippen molar-refractivity contribution in [3.05, 3.63) is 101 Å². The van der Waals surface area contributed by atoms with Gasteiger partial charge < -0.3 is 14.8 Å². The van der Waals surface area contributed by atoms with Crippen LogP contribution in [0.2, 0.25) is 0 Å². The molecule has 0 spiro atoms. The van der Waals surface area contributed by atoms with Crippen LogP contribution in [0.4, 0.5) is 39.9 Å². The molecule has 1 N–H and O–H groups in total. The highest BCUT2D eigenvalue weighted by molar-refractivity contribution is 5.88. The maximum Gasteiger partial charge on any atom is 0.461 e. The van der Waals surface area contributed by atoms with Crippen molar-refractivity contribution >= 4 is 12.0 Å². The van der Waals surface area contributed by atoms with Gasteiger partial charge in [0.05, 0.1) is 12.1 Å². The third-order valence-corrected chi connectivity index (χ3v) is 7.06. The minimum Gasteiger partial charge on any atom is -0.444 e. The zero-order chi connectivity index (χ0) is 34.1. The van der Waals surface area contributed by atoms with E-state index in [1.807, 2.05) is 0 Å². The maximum absolute atomic E-state index is 15.1. The molecule has 2 atom stereocenters. The van der Waals surface area contributed by atoms with Gasteiger partial charge in [-0.3, -0.25) is 9.69 Å². The molecule has 46 heavy (non-hydrogen) atoms. The highest BCUT2D eigenvalue weighted by Gasteiger charge is 2.53. The Hall–Kier alpha value is -4.36. The van der Waals surface area contributed by atoms with Crippen molar-refractivity contribution in [2.45, 2.75) is 69.3 Å². The van der Waals surface area contributed by atoms with Gasteiger partial charge in [0, 0.05) is 18.9 Å². The monoisotopic (exact) mass is 658 g/mol. The van der Waals surface area contributed by atoms with Crippen LogP contribution >= 0.6 is 0 Å². The highest BCUT2D eigenvalue weighted by atomic mass is 19.3. The van der Waals surface area contributed by atoms with Crippen molar-refractivity contribution in [3.63, 3.8) is 0 Å². The number of amides is 2. The molecule has 0 aromatic heterocycles. The molecule has 248 valence electrons. The van der Waals surface area contributed by atoms with E-state index in [2.05, 4.69) is 10.1 Å². The molecule has 0 saturated carbocycles. The second-order valence-corrected chi connectivity index (χ2v) is 11.9. The van der Waals surface area contributed by atoms with Gasteiger partial charge in [-0.2, -0.15) is 17.6 Å². The van der Waals surface area contributed by atoms with Gasteiger partial charge in [-0.1, -0.05) is 42.5 Å². The van der Waals surface area contributed by atoms with E-state index in [1.54, 1.807) is 30.3 Å². The van der Waals surface area contributed by atoms with Crippen LogP contribution in [-0.2, 0) is 21.5 Å². The Morgan fingerprint density at radius 2 is 1.57 bits per heavy atom. The smallest absolute Gasteiger partial charge is 0.444 e. The molecule has 1 heterocycles. The van der Waals surface area contributed by atoms with Gasteiger partial charge in [-0.05, 0) is 61.7 Å². The minimum absolute atomic E-state index is 0.0249. The van der Waals surface area contributed by atoms with E-state index in [9.17, 15) is 40.3 Å². The standard InChI is InChI=1S/C32H30F8N2O4/c1-29(2,3)46-28(44)42-18-30(37,38)17-25(42)26(43)41-31(16-19-7-5-4-6-8-19,20-9-11-22(33)12-10-20)21-13-23(34)15-24(14-21)45-32(39,40)27(35)36/h4-15,25,27H,16-18H2,1-3H3,(H,41,43)/t25-,31+/m0/s1. The van der Waals surface area contributed by atoms with Crippen molar-refractivity contribution in [1.29, 1.82) is 0 Å². The quantitative estimate of drug-likeness (QED) is 0.243. The van der Waals surface area contributed by atoms with Crippen LogP contribution in [0, 0.1) is 11.6 Å². The Balaban J connectivity index is 1.90. The maximum atomic E-state index is 15.1. The zero-order valence-corrected chi connectivity index (χ0v) is 24.8. The van der Waals surface area contributed by atoms with Crippen LogP contribution < -0.4 is 10.1 Å². The van der Waals surface area contributed by atoms with Crippen LogP contribution in [0.5, 0.6) is 5.75 Å². The summed E-state index contributed by atoms with van der Waals surface area (Å²) >= 11 is 0. The van der Waals surface area contributed by atoms with Gasteiger partial charge in [0.15, 0.2) is 0 Å². The van der Waals surface area contributed by atoms with Crippen molar-refractivity contribution in [1.82, 2.24) is 10.2 Å². The number of likely N-dealkylation sites (tertiary alicyclic amines) is 1. The Morgan fingerprint density at radius 1 is 0.935 bits per heavy atom. The SMILES string of the molecule is CC(C)(C)OC(=O)N1CC(F)(F)C[C@H]1C(=O)N[C@](Cc1ccccc1)(c1ccc(F)cc1)c1cc(F)cc(OC(F)(F)C(F)F)c1. The summed E-state index contributed by atoms with van der Waals surface area (Å²) in [5.74, 6) is -7.70. The Labute approximate surface area is 259 Å². The summed E-state index contributed by atoms with van der Waals surface area (Å²) in [5, 5.41) is 2.60. The lowest BCUT2D eigenvalue weighted by Crippen LogP contribution is -2.55. The molecule has 0 radical (unpaired) electrons. The predicted octanol–water partition coefficient (Wildman–Crippen LogP) is 7.45. The largest absolute Gasteiger partial charge is 0.461 e. The third-order valence-electron chi connectivity index (χ3n) is 7.06. The Kier molecular flexibility index (Phi) is 9.60. The highest BCUT2D eigenvalue weighted by Crippen LogP contribution is 2.40. The molecule has 1 aliphatic heterocycles. The minimum atomic E-state index is -5.03. The van der Waals surface area contributed by atoms with E-state index in [1.165, 1.54) is 32.9 Å². The first-order chi connectivity index (χ1) is 21.3. The summed E-state index contributed by atoms with van der Waals surface area (Å²) in [4.78, 5) is 27.5. The molecule has 4 rings (SSSR count). The fourth-order valence-electron chi connectivity index (χ4n) is 5.12. The molecule has 3 aromatic rings. The van der Waals surface area contributed by atoms with E-state index < -0.39 is 78.0 Å². The molecule has 0 aliphatic carbocycles. The summed E-state index contributed by atoms with van der Waals surface area (Å²) in [6.45, 7) is 3.32. The fraction of sp³-hybridized carbons (Fsp3) is 0.375. The summed E-state index contributed by atoms with van der Waals surface area (Å²) in [6.07, 6.45) is -12.0. The second kappa shape index (κ2) is 12.8.